The molecule has 0 aromatic carbocycles. The molecule has 0 unspecified atom stereocenters. The summed E-state index contributed by atoms with van der Waals surface area (Å²) < 4.78 is 0. The largest absolute Gasteiger partial charge is 0.391 e. The van der Waals surface area contributed by atoms with Crippen molar-refractivity contribution in [2.75, 3.05) is 26.2 Å². The molecule has 60 heavy (non-hydrogen) atoms. The van der Waals surface area contributed by atoms with Crippen LogP contribution in [0.5, 0.6) is 0 Å². The summed E-state index contributed by atoms with van der Waals surface area (Å²) in [5, 5.41) is 55.0. The van der Waals surface area contributed by atoms with Crippen molar-refractivity contribution in [2.24, 2.45) is 0 Å². The lowest BCUT2D eigenvalue weighted by molar-refractivity contribution is 0.0904. The third kappa shape index (κ3) is 22.4. The first-order chi connectivity index (χ1) is 28.5. The van der Waals surface area contributed by atoms with Crippen LogP contribution in [0.25, 0.3) is 0 Å². The van der Waals surface area contributed by atoms with Crippen molar-refractivity contribution < 1.29 is 39.6 Å². The molecule has 0 bridgehead atoms. The summed E-state index contributed by atoms with van der Waals surface area (Å²) in [5.74, 6) is -0.889. The second-order valence-corrected chi connectivity index (χ2v) is 13.7. The Balaban J connectivity index is 0.000000400. The van der Waals surface area contributed by atoms with Crippen molar-refractivity contribution in [3.05, 3.63) is 106 Å². The molecule has 0 aliphatic rings. The number of carbonyl (C=O) groups excluding carboxylic acids is 4. The van der Waals surface area contributed by atoms with Gasteiger partial charge in [-0.1, -0.05) is 27.7 Å². The van der Waals surface area contributed by atoms with Crippen molar-refractivity contribution in [1.29, 1.82) is 0 Å². The number of aromatic nitrogens is 6. The first-order valence-electron chi connectivity index (χ1n) is 19.8. The minimum absolute atomic E-state index is 0.173. The molecule has 0 fully saturated rings. The van der Waals surface area contributed by atoms with Crippen LogP contribution in [0.15, 0.2) is 61.4 Å². The quantitative estimate of drug-likeness (QED) is 0.0805. The third-order valence-corrected chi connectivity index (χ3v) is 8.25. The summed E-state index contributed by atoms with van der Waals surface area (Å²) >= 11 is 0. The maximum absolute atomic E-state index is 11.6. The van der Waals surface area contributed by atoms with E-state index < -0.39 is 24.4 Å². The van der Waals surface area contributed by atoms with Crippen LogP contribution in [0.3, 0.4) is 0 Å². The number of aliphatic hydroxyl groups excluding tert-OH is 4. The van der Waals surface area contributed by atoms with E-state index in [9.17, 15) is 39.6 Å². The van der Waals surface area contributed by atoms with E-state index in [1.165, 1.54) is 18.7 Å². The van der Waals surface area contributed by atoms with Gasteiger partial charge in [0.25, 0.3) is 23.6 Å². The molecular formula is C42H62N10O8. The molecule has 8 N–H and O–H groups in total. The van der Waals surface area contributed by atoms with Crippen LogP contribution in [0.4, 0.5) is 0 Å². The van der Waals surface area contributed by atoms with Gasteiger partial charge in [0.15, 0.2) is 0 Å². The Bertz CT molecular complexity index is 1630. The van der Waals surface area contributed by atoms with Gasteiger partial charge in [0.2, 0.25) is 0 Å². The Morgan fingerprint density at radius 2 is 0.983 bits per heavy atom. The van der Waals surface area contributed by atoms with Gasteiger partial charge in [0, 0.05) is 61.7 Å². The highest BCUT2D eigenvalue weighted by molar-refractivity contribution is 5.95. The molecule has 4 rings (SSSR count). The number of amides is 4. The molecule has 0 spiro atoms. The molecular weight excluding hydrogens is 773 g/mol. The highest BCUT2D eigenvalue weighted by atomic mass is 16.3. The van der Waals surface area contributed by atoms with Gasteiger partial charge in [-0.15, -0.1) is 0 Å². The zero-order chi connectivity index (χ0) is 45.0. The minimum atomic E-state index is -0.503. The lowest BCUT2D eigenvalue weighted by Gasteiger charge is -2.09. The number of aryl methyl sites for hydroxylation is 4. The zero-order valence-electron chi connectivity index (χ0n) is 35.8. The SMILES string of the molecule is CC[C@@H](O)CNC(=O)c1cc(C)ncn1.CC[C@@H](O)CNC(=O)c1ccnc(C)c1.CC[C@@H](O)CNC(=O)c1cncc(C)c1.CC[C@@H](O)CNC(=O)c1cnnc(C)c1. The number of nitrogens with zero attached hydrogens (tertiary/aromatic N) is 6. The number of hydrogen-bond acceptors (Lipinski definition) is 14. The van der Waals surface area contributed by atoms with Gasteiger partial charge < -0.3 is 41.7 Å². The topological polar surface area (TPSA) is 275 Å². The molecule has 0 radical (unpaired) electrons. The number of aliphatic hydroxyl groups is 4. The Kier molecular flexibility index (Phi) is 25.6. The molecule has 4 aromatic heterocycles. The maximum Gasteiger partial charge on any atom is 0.270 e. The maximum atomic E-state index is 11.6. The molecule has 4 heterocycles. The first kappa shape index (κ1) is 52.2. The standard InChI is InChI=1S/2C11H16N2O2.2C10H15N3O2/c1-3-10(14)7-13-11(15)9-4-8(2)5-12-6-9;1-3-10(14)7-13-11(15)9-4-5-12-8(2)6-9;1-3-9(14)6-11-10(15)8-4-7(2)13-12-5-8;1-3-8(14)5-11-10(15)9-4-7(2)12-6-13-9/h2*4-6,10,14H,3,7H2,1-2H3,(H,13,15);4-5,9,14H,3,6H2,1-2H3,(H,11,15);4,6,8,14H,3,5H2,1-2H3,(H,11,15)/t2*10-;9-;8-/m1111/s1. The number of nitrogens with one attached hydrogen (secondary N) is 4. The molecule has 18 heteroatoms. The predicted octanol–water partition coefficient (Wildman–Crippen LogP) is 2.35. The summed E-state index contributed by atoms with van der Waals surface area (Å²) in [6.45, 7) is 15.8. The molecule has 328 valence electrons. The molecule has 18 nitrogen and oxygen atoms in total. The summed E-state index contributed by atoms with van der Waals surface area (Å²) in [6, 6.07) is 8.39. The molecule has 4 aromatic rings. The van der Waals surface area contributed by atoms with Gasteiger partial charge >= 0.3 is 0 Å². The van der Waals surface area contributed by atoms with Gasteiger partial charge in [-0.25, -0.2) is 9.97 Å². The van der Waals surface area contributed by atoms with E-state index >= 15 is 0 Å². The number of pyridine rings is 2. The van der Waals surface area contributed by atoms with Gasteiger partial charge in [-0.3, -0.25) is 29.1 Å². The second kappa shape index (κ2) is 29.4. The summed E-state index contributed by atoms with van der Waals surface area (Å²) in [7, 11) is 0. The molecule has 0 saturated carbocycles. The Labute approximate surface area is 352 Å². The van der Waals surface area contributed by atoms with Gasteiger partial charge in [-0.2, -0.15) is 10.2 Å². The van der Waals surface area contributed by atoms with E-state index in [1.54, 1.807) is 56.6 Å². The highest BCUT2D eigenvalue weighted by Gasteiger charge is 2.11. The van der Waals surface area contributed by atoms with Crippen LogP contribution in [0.1, 0.15) is 118 Å². The van der Waals surface area contributed by atoms with E-state index in [0.717, 1.165) is 17.0 Å². The van der Waals surface area contributed by atoms with E-state index in [2.05, 4.69) is 51.4 Å². The fraction of sp³-hybridized carbons (Fsp3) is 0.476. The highest BCUT2D eigenvalue weighted by Crippen LogP contribution is 2.03. The lowest BCUT2D eigenvalue weighted by Crippen LogP contribution is -2.32. The van der Waals surface area contributed by atoms with Crippen molar-refractivity contribution >= 4 is 23.6 Å². The third-order valence-electron chi connectivity index (χ3n) is 8.25. The molecule has 0 aliphatic heterocycles. The van der Waals surface area contributed by atoms with Gasteiger partial charge in [-0.05, 0) is 89.3 Å². The summed E-state index contributed by atoms with van der Waals surface area (Å²) in [6.07, 6.45) is 8.10. The Morgan fingerprint density at radius 3 is 1.43 bits per heavy atom. The normalized spacial score (nSPS) is 12.2. The lowest BCUT2D eigenvalue weighted by atomic mass is 10.2. The smallest absolute Gasteiger partial charge is 0.270 e. The van der Waals surface area contributed by atoms with Gasteiger partial charge in [0.05, 0.1) is 47.4 Å². The van der Waals surface area contributed by atoms with E-state index in [4.69, 9.17) is 0 Å². The first-order valence-corrected chi connectivity index (χ1v) is 19.8. The average molecular weight is 835 g/mol. The molecule has 0 aliphatic carbocycles. The Morgan fingerprint density at radius 1 is 0.533 bits per heavy atom. The molecule has 4 atom stereocenters. The van der Waals surface area contributed by atoms with Crippen LogP contribution < -0.4 is 21.3 Å². The van der Waals surface area contributed by atoms with Crippen LogP contribution in [0.2, 0.25) is 0 Å². The number of rotatable bonds is 16. The zero-order valence-corrected chi connectivity index (χ0v) is 35.8. The summed E-state index contributed by atoms with van der Waals surface area (Å²) in [5.41, 5.74) is 5.07. The van der Waals surface area contributed by atoms with Crippen LogP contribution in [0, 0.1) is 27.7 Å². The minimum Gasteiger partial charge on any atom is -0.391 e. The number of carbonyl (C=O) groups is 4. The van der Waals surface area contributed by atoms with Crippen molar-refractivity contribution in [3.8, 4) is 0 Å². The fourth-order valence-electron chi connectivity index (χ4n) is 4.36. The number of hydrogen-bond donors (Lipinski definition) is 8. The second-order valence-electron chi connectivity index (χ2n) is 13.7. The van der Waals surface area contributed by atoms with E-state index in [-0.39, 0.29) is 49.8 Å². The monoisotopic (exact) mass is 834 g/mol. The molecule has 0 saturated heterocycles. The van der Waals surface area contributed by atoms with Crippen LogP contribution in [-0.2, 0) is 0 Å². The van der Waals surface area contributed by atoms with Crippen molar-refractivity contribution in [1.82, 2.24) is 51.4 Å². The van der Waals surface area contributed by atoms with Crippen molar-refractivity contribution in [2.45, 2.75) is 105 Å². The van der Waals surface area contributed by atoms with Crippen LogP contribution in [-0.4, -0.2) is 125 Å². The van der Waals surface area contributed by atoms with Gasteiger partial charge in [0.1, 0.15) is 12.0 Å². The van der Waals surface area contributed by atoms with E-state index in [0.29, 0.717) is 53.8 Å². The van der Waals surface area contributed by atoms with Crippen molar-refractivity contribution in [3.63, 3.8) is 0 Å². The van der Waals surface area contributed by atoms with E-state index in [1.807, 2.05) is 41.5 Å². The summed E-state index contributed by atoms with van der Waals surface area (Å²) in [4.78, 5) is 61.8. The Hall–Kier alpha value is -5.82. The fourth-order valence-corrected chi connectivity index (χ4v) is 4.36. The van der Waals surface area contributed by atoms with Crippen LogP contribution >= 0.6 is 0 Å². The average Bonchev–Trinajstić information content (AvgIpc) is 3.25. The molecule has 4 amide bonds. The predicted molar refractivity (Wildman–Crippen MR) is 226 cm³/mol.